The molecule has 4 nitrogen and oxygen atoms in total. The molecule has 0 aromatic carbocycles. The molecule has 4 N–H and O–H groups in total. The highest BCUT2D eigenvalue weighted by Crippen LogP contribution is 2.53. The average molecular weight is 188 g/mol. The quantitative estimate of drug-likeness (QED) is 0.431. The van der Waals surface area contributed by atoms with Crippen LogP contribution in [-0.2, 0) is 0 Å². The number of hydrogen-bond acceptors (Lipinski definition) is 4. The van der Waals surface area contributed by atoms with Crippen molar-refractivity contribution in [2.75, 3.05) is 0 Å². The number of fused-ring (bicyclic) bond motifs is 2. The van der Waals surface area contributed by atoms with Gasteiger partial charge >= 0.3 is 0 Å². The first-order valence-electron chi connectivity index (χ1n) is 4.83. The molecule has 2 rings (SSSR count). The third kappa shape index (κ3) is 1.38. The van der Waals surface area contributed by atoms with Gasteiger partial charge in [-0.15, -0.1) is 0 Å². The Balaban J connectivity index is 2.15. The van der Waals surface area contributed by atoms with Crippen LogP contribution < -0.4 is 0 Å². The van der Waals surface area contributed by atoms with Gasteiger partial charge < -0.3 is 20.4 Å². The molecule has 0 amide bonds. The zero-order chi connectivity index (χ0) is 9.59. The molecule has 0 aliphatic heterocycles. The van der Waals surface area contributed by atoms with Crippen molar-refractivity contribution in [2.24, 2.45) is 23.7 Å². The maximum absolute atomic E-state index is 9.13. The van der Waals surface area contributed by atoms with Crippen molar-refractivity contribution in [2.45, 2.75) is 31.8 Å². The zero-order valence-corrected chi connectivity index (χ0v) is 7.37. The predicted octanol–water partition coefficient (Wildman–Crippen LogP) is -0.730. The number of rotatable bonds is 2. The van der Waals surface area contributed by atoms with Crippen LogP contribution in [0, 0.1) is 23.7 Å². The third-order valence-corrected chi connectivity index (χ3v) is 3.74. The largest absolute Gasteiger partial charge is 0.368 e. The van der Waals surface area contributed by atoms with Crippen molar-refractivity contribution in [3.63, 3.8) is 0 Å². The molecule has 2 aliphatic carbocycles. The Labute approximate surface area is 76.8 Å². The second-order valence-electron chi connectivity index (χ2n) is 4.32. The van der Waals surface area contributed by atoms with E-state index in [1.807, 2.05) is 0 Å². The van der Waals surface area contributed by atoms with Crippen LogP contribution in [0.15, 0.2) is 0 Å². The molecule has 4 atom stereocenters. The molecular formula is C9H16O4. The van der Waals surface area contributed by atoms with E-state index in [9.17, 15) is 0 Å². The summed E-state index contributed by atoms with van der Waals surface area (Å²) in [7, 11) is 0. The first-order valence-corrected chi connectivity index (χ1v) is 4.83. The second-order valence-corrected chi connectivity index (χ2v) is 4.32. The Kier molecular flexibility index (Phi) is 2.32. The fourth-order valence-electron chi connectivity index (χ4n) is 3.26. The molecule has 0 radical (unpaired) electrons. The Morgan fingerprint density at radius 1 is 0.769 bits per heavy atom. The van der Waals surface area contributed by atoms with E-state index < -0.39 is 12.6 Å². The lowest BCUT2D eigenvalue weighted by Crippen LogP contribution is -2.39. The van der Waals surface area contributed by atoms with Crippen molar-refractivity contribution < 1.29 is 20.4 Å². The summed E-state index contributed by atoms with van der Waals surface area (Å²) in [5.74, 6) is -0.119. The molecule has 2 bridgehead atoms. The molecule has 4 unspecified atom stereocenters. The van der Waals surface area contributed by atoms with Gasteiger partial charge in [0.2, 0.25) is 0 Å². The molecule has 2 aliphatic rings. The monoisotopic (exact) mass is 188 g/mol. The maximum Gasteiger partial charge on any atom is 0.155 e. The van der Waals surface area contributed by atoms with Crippen molar-refractivity contribution in [3.05, 3.63) is 0 Å². The minimum absolute atomic E-state index is 0.275. The molecular weight excluding hydrogens is 172 g/mol. The summed E-state index contributed by atoms with van der Waals surface area (Å²) < 4.78 is 0. The lowest BCUT2D eigenvalue weighted by Gasteiger charge is -2.33. The normalized spacial score (nSPS) is 43.8. The van der Waals surface area contributed by atoms with Gasteiger partial charge in [-0.05, 0) is 31.1 Å². The summed E-state index contributed by atoms with van der Waals surface area (Å²) in [5.41, 5.74) is 0. The molecule has 0 saturated heterocycles. The van der Waals surface area contributed by atoms with E-state index in [0.717, 1.165) is 19.3 Å². The van der Waals surface area contributed by atoms with E-state index in [2.05, 4.69) is 0 Å². The van der Waals surface area contributed by atoms with Gasteiger partial charge in [0, 0.05) is 11.8 Å². The molecule has 13 heavy (non-hydrogen) atoms. The van der Waals surface area contributed by atoms with Crippen LogP contribution >= 0.6 is 0 Å². The van der Waals surface area contributed by atoms with Gasteiger partial charge in [0.05, 0.1) is 0 Å². The van der Waals surface area contributed by atoms with Crippen LogP contribution in [0.25, 0.3) is 0 Å². The van der Waals surface area contributed by atoms with Crippen LogP contribution in [-0.4, -0.2) is 33.0 Å². The van der Waals surface area contributed by atoms with E-state index >= 15 is 0 Å². The minimum atomic E-state index is -1.40. The first-order chi connectivity index (χ1) is 6.11. The van der Waals surface area contributed by atoms with Crippen molar-refractivity contribution in [1.29, 1.82) is 0 Å². The molecule has 0 aromatic rings. The smallest absolute Gasteiger partial charge is 0.155 e. The van der Waals surface area contributed by atoms with Gasteiger partial charge in [-0.25, -0.2) is 0 Å². The molecule has 0 spiro atoms. The lowest BCUT2D eigenvalue weighted by atomic mass is 9.78. The highest BCUT2D eigenvalue weighted by molar-refractivity contribution is 4.97. The summed E-state index contributed by atoms with van der Waals surface area (Å²) in [6.45, 7) is 0. The topological polar surface area (TPSA) is 80.9 Å². The lowest BCUT2D eigenvalue weighted by molar-refractivity contribution is -0.173. The fraction of sp³-hybridized carbons (Fsp3) is 1.00. The van der Waals surface area contributed by atoms with Crippen molar-refractivity contribution in [3.8, 4) is 0 Å². The SMILES string of the molecule is OC(O)C1C2CCC(C2)C1C(O)O. The van der Waals surface area contributed by atoms with Gasteiger partial charge in [0.1, 0.15) is 0 Å². The first kappa shape index (κ1) is 9.40. The molecule has 2 fully saturated rings. The van der Waals surface area contributed by atoms with Gasteiger partial charge in [-0.2, -0.15) is 0 Å². The van der Waals surface area contributed by atoms with Crippen LogP contribution in [0.4, 0.5) is 0 Å². The molecule has 0 heterocycles. The van der Waals surface area contributed by atoms with Gasteiger partial charge in [0.25, 0.3) is 0 Å². The van der Waals surface area contributed by atoms with E-state index in [1.165, 1.54) is 0 Å². The Morgan fingerprint density at radius 2 is 1.15 bits per heavy atom. The highest BCUT2D eigenvalue weighted by atomic mass is 16.5. The van der Waals surface area contributed by atoms with E-state index in [1.54, 1.807) is 0 Å². The van der Waals surface area contributed by atoms with E-state index in [4.69, 9.17) is 20.4 Å². The molecule has 76 valence electrons. The number of aliphatic hydroxyl groups is 4. The average Bonchev–Trinajstić information content (AvgIpc) is 2.60. The van der Waals surface area contributed by atoms with Crippen LogP contribution in [0.2, 0.25) is 0 Å². The summed E-state index contributed by atoms with van der Waals surface area (Å²) in [5, 5.41) is 36.5. The molecule has 4 heteroatoms. The molecule has 0 aromatic heterocycles. The van der Waals surface area contributed by atoms with E-state index in [-0.39, 0.29) is 23.7 Å². The van der Waals surface area contributed by atoms with Crippen molar-refractivity contribution >= 4 is 0 Å². The summed E-state index contributed by atoms with van der Waals surface area (Å²) >= 11 is 0. The second kappa shape index (κ2) is 3.20. The van der Waals surface area contributed by atoms with Gasteiger partial charge in [-0.3, -0.25) is 0 Å². The highest BCUT2D eigenvalue weighted by Gasteiger charge is 2.52. The van der Waals surface area contributed by atoms with Gasteiger partial charge in [0.15, 0.2) is 12.6 Å². The summed E-state index contributed by atoms with van der Waals surface area (Å²) in [6.07, 6.45) is 0.112. The van der Waals surface area contributed by atoms with Crippen LogP contribution in [0.1, 0.15) is 19.3 Å². The minimum Gasteiger partial charge on any atom is -0.368 e. The van der Waals surface area contributed by atoms with Crippen LogP contribution in [0.3, 0.4) is 0 Å². The van der Waals surface area contributed by atoms with E-state index in [0.29, 0.717) is 0 Å². The summed E-state index contributed by atoms with van der Waals surface area (Å²) in [4.78, 5) is 0. The van der Waals surface area contributed by atoms with Crippen LogP contribution in [0.5, 0.6) is 0 Å². The maximum atomic E-state index is 9.13. The number of hydrogen-bond donors (Lipinski definition) is 4. The van der Waals surface area contributed by atoms with Crippen molar-refractivity contribution in [1.82, 2.24) is 0 Å². The molecule has 2 saturated carbocycles. The third-order valence-electron chi connectivity index (χ3n) is 3.74. The Morgan fingerprint density at radius 3 is 1.46 bits per heavy atom. The standard InChI is InChI=1S/C9H16O4/c10-8(11)6-4-1-2-5(3-4)7(6)9(12)13/h4-13H,1-3H2. The predicted molar refractivity (Wildman–Crippen MR) is 44.3 cm³/mol. The fourth-order valence-corrected chi connectivity index (χ4v) is 3.26. The summed E-state index contributed by atoms with van der Waals surface area (Å²) in [6, 6.07) is 0. The Bertz CT molecular complexity index is 172. The number of aliphatic hydroxyl groups excluding tert-OH is 2. The van der Waals surface area contributed by atoms with Gasteiger partial charge in [-0.1, -0.05) is 0 Å². The Hall–Kier alpha value is -0.160. The zero-order valence-electron chi connectivity index (χ0n) is 7.37.